The Morgan fingerprint density at radius 3 is 2.79 bits per heavy atom. The molecule has 1 fully saturated rings. The second kappa shape index (κ2) is 11.3. The van der Waals surface area contributed by atoms with Crippen molar-refractivity contribution in [2.24, 2.45) is 0 Å². The van der Waals surface area contributed by atoms with Crippen molar-refractivity contribution in [1.29, 1.82) is 0 Å². The average Bonchev–Trinajstić information content (AvgIpc) is 2.91. The summed E-state index contributed by atoms with van der Waals surface area (Å²) in [6.45, 7) is 3.63. The molecule has 0 spiro atoms. The highest BCUT2D eigenvalue weighted by molar-refractivity contribution is 7.92. The Kier molecular flexibility index (Phi) is 7.66. The molecule has 2 aromatic heterocycles. The second-order valence-corrected chi connectivity index (χ2v) is 11.0. The second-order valence-electron chi connectivity index (χ2n) is 9.11. The van der Waals surface area contributed by atoms with Crippen LogP contribution in [-0.2, 0) is 10.0 Å². The lowest BCUT2D eigenvalue weighted by Crippen LogP contribution is -2.38. The Hall–Kier alpha value is -3.83. The standard InChI is InChI=1S/C27H29FN6O3S/c1-2-16-38(35,36)34-24-9-3-7-20-19(24)10-11-22(28)25(20)37-26-21(8-5-14-30-26)23-12-15-31-27(33-23)32-18-6-4-13-29-17-18/h3,5,7-12,14-15,18,29,34H,2,4,6,13,16-17H2,1H3,(H,31,32,33). The number of sulfonamides is 1. The molecule has 4 aromatic rings. The molecule has 0 radical (unpaired) electrons. The Balaban J connectivity index is 1.49. The normalized spacial score (nSPS) is 15.8. The first-order valence-corrected chi connectivity index (χ1v) is 14.2. The maximum atomic E-state index is 15.1. The Morgan fingerprint density at radius 2 is 1.97 bits per heavy atom. The van der Waals surface area contributed by atoms with Crippen LogP contribution in [0.2, 0.25) is 0 Å². The van der Waals surface area contributed by atoms with Gasteiger partial charge in [-0.3, -0.25) is 4.72 Å². The van der Waals surface area contributed by atoms with Crippen LogP contribution in [0.4, 0.5) is 16.0 Å². The summed E-state index contributed by atoms with van der Waals surface area (Å²) >= 11 is 0. The van der Waals surface area contributed by atoms with Crippen LogP contribution in [0.1, 0.15) is 26.2 Å². The third-order valence-corrected chi connectivity index (χ3v) is 7.71. The smallest absolute Gasteiger partial charge is 0.232 e. The van der Waals surface area contributed by atoms with Gasteiger partial charge in [0.1, 0.15) is 0 Å². The molecule has 3 N–H and O–H groups in total. The van der Waals surface area contributed by atoms with Crippen LogP contribution < -0.4 is 20.1 Å². The van der Waals surface area contributed by atoms with E-state index in [9.17, 15) is 8.42 Å². The van der Waals surface area contributed by atoms with Crippen LogP contribution in [-0.4, -0.2) is 48.3 Å². The molecular weight excluding hydrogens is 507 g/mol. The van der Waals surface area contributed by atoms with Crippen molar-refractivity contribution in [3.8, 4) is 22.9 Å². The first kappa shape index (κ1) is 25.8. The van der Waals surface area contributed by atoms with Gasteiger partial charge in [-0.25, -0.2) is 27.8 Å². The number of nitrogens with one attached hydrogen (secondary N) is 3. The number of hydrogen-bond donors (Lipinski definition) is 3. The monoisotopic (exact) mass is 536 g/mol. The summed E-state index contributed by atoms with van der Waals surface area (Å²) < 4.78 is 48.6. The molecule has 9 nitrogen and oxygen atoms in total. The van der Waals surface area contributed by atoms with Gasteiger partial charge in [0.2, 0.25) is 21.9 Å². The highest BCUT2D eigenvalue weighted by atomic mass is 32.2. The van der Waals surface area contributed by atoms with Gasteiger partial charge < -0.3 is 15.4 Å². The van der Waals surface area contributed by atoms with Gasteiger partial charge in [0.15, 0.2) is 11.6 Å². The van der Waals surface area contributed by atoms with Gasteiger partial charge in [0, 0.05) is 35.8 Å². The fraction of sp³-hybridized carbons (Fsp3) is 0.296. The molecule has 1 unspecified atom stereocenters. The third kappa shape index (κ3) is 5.84. The predicted molar refractivity (Wildman–Crippen MR) is 146 cm³/mol. The number of hydrogen-bond acceptors (Lipinski definition) is 8. The zero-order chi connectivity index (χ0) is 26.5. The lowest BCUT2D eigenvalue weighted by atomic mass is 10.1. The van der Waals surface area contributed by atoms with E-state index >= 15 is 4.39 Å². The summed E-state index contributed by atoms with van der Waals surface area (Å²) in [5, 5.41) is 7.64. The summed E-state index contributed by atoms with van der Waals surface area (Å²) in [5.74, 6) is -0.0125. The minimum Gasteiger partial charge on any atom is -0.435 e. The van der Waals surface area contributed by atoms with Gasteiger partial charge in [0.05, 0.1) is 22.7 Å². The van der Waals surface area contributed by atoms with E-state index < -0.39 is 15.8 Å². The van der Waals surface area contributed by atoms with E-state index in [2.05, 4.69) is 30.3 Å². The molecule has 1 aliphatic heterocycles. The minimum atomic E-state index is -3.54. The van der Waals surface area contributed by atoms with Crippen molar-refractivity contribution in [2.75, 3.05) is 28.9 Å². The molecule has 5 rings (SSSR count). The zero-order valence-corrected chi connectivity index (χ0v) is 21.8. The number of anilines is 2. The topological polar surface area (TPSA) is 118 Å². The number of aromatic nitrogens is 3. The summed E-state index contributed by atoms with van der Waals surface area (Å²) in [6, 6.07) is 13.3. The molecule has 1 saturated heterocycles. The molecule has 198 valence electrons. The summed E-state index contributed by atoms with van der Waals surface area (Å²) in [6.07, 6.45) is 5.80. The number of pyridine rings is 1. The van der Waals surface area contributed by atoms with Crippen molar-refractivity contribution in [2.45, 2.75) is 32.2 Å². The quantitative estimate of drug-likeness (QED) is 0.275. The van der Waals surface area contributed by atoms with Gasteiger partial charge in [-0.15, -0.1) is 0 Å². The lowest BCUT2D eigenvalue weighted by Gasteiger charge is -2.23. The van der Waals surface area contributed by atoms with E-state index in [4.69, 9.17) is 4.74 Å². The maximum absolute atomic E-state index is 15.1. The number of piperidine rings is 1. The molecular formula is C27H29FN6O3S. The van der Waals surface area contributed by atoms with Crippen LogP contribution in [0, 0.1) is 5.82 Å². The Bertz CT molecular complexity index is 1540. The van der Waals surface area contributed by atoms with Gasteiger partial charge in [-0.2, -0.15) is 0 Å². The number of rotatable bonds is 9. The Labute approximate surface area is 220 Å². The largest absolute Gasteiger partial charge is 0.435 e. The zero-order valence-electron chi connectivity index (χ0n) is 20.9. The van der Waals surface area contributed by atoms with Gasteiger partial charge in [-0.05, 0) is 62.2 Å². The Morgan fingerprint density at radius 1 is 1.08 bits per heavy atom. The van der Waals surface area contributed by atoms with E-state index in [1.165, 1.54) is 12.1 Å². The fourth-order valence-corrected chi connectivity index (χ4v) is 5.64. The third-order valence-electron chi connectivity index (χ3n) is 6.23. The van der Waals surface area contributed by atoms with Crippen molar-refractivity contribution < 1.29 is 17.5 Å². The highest BCUT2D eigenvalue weighted by Gasteiger charge is 2.19. The number of fused-ring (bicyclic) bond motifs is 1. The van der Waals surface area contributed by atoms with Crippen molar-refractivity contribution >= 4 is 32.4 Å². The van der Waals surface area contributed by atoms with E-state index in [0.29, 0.717) is 40.1 Å². The minimum absolute atomic E-state index is 0.0156. The van der Waals surface area contributed by atoms with E-state index in [1.54, 1.807) is 55.7 Å². The van der Waals surface area contributed by atoms with Crippen molar-refractivity contribution in [3.63, 3.8) is 0 Å². The molecule has 0 saturated carbocycles. The van der Waals surface area contributed by atoms with Crippen LogP contribution >= 0.6 is 0 Å². The fourth-order valence-electron chi connectivity index (χ4n) is 4.48. The van der Waals surface area contributed by atoms with Crippen LogP contribution in [0.3, 0.4) is 0 Å². The van der Waals surface area contributed by atoms with E-state index in [1.807, 2.05) is 0 Å². The molecule has 3 heterocycles. The summed E-state index contributed by atoms with van der Waals surface area (Å²) in [5.41, 5.74) is 1.49. The first-order chi connectivity index (χ1) is 18.4. The summed E-state index contributed by atoms with van der Waals surface area (Å²) in [4.78, 5) is 13.4. The molecule has 1 atom stereocenters. The number of halogens is 1. The highest BCUT2D eigenvalue weighted by Crippen LogP contribution is 2.38. The molecule has 11 heteroatoms. The van der Waals surface area contributed by atoms with Crippen molar-refractivity contribution in [3.05, 3.63) is 66.7 Å². The molecule has 0 aliphatic carbocycles. The molecule has 38 heavy (non-hydrogen) atoms. The maximum Gasteiger partial charge on any atom is 0.232 e. The predicted octanol–water partition coefficient (Wildman–Crippen LogP) is 4.94. The summed E-state index contributed by atoms with van der Waals surface area (Å²) in [7, 11) is -3.54. The van der Waals surface area contributed by atoms with Gasteiger partial charge >= 0.3 is 0 Å². The van der Waals surface area contributed by atoms with Gasteiger partial charge in [-0.1, -0.05) is 19.1 Å². The first-order valence-electron chi connectivity index (χ1n) is 12.6. The van der Waals surface area contributed by atoms with Crippen molar-refractivity contribution in [1.82, 2.24) is 20.3 Å². The number of nitrogens with zero attached hydrogens (tertiary/aromatic N) is 3. The number of benzene rings is 2. The van der Waals surface area contributed by atoms with Crippen LogP contribution in [0.5, 0.6) is 11.6 Å². The molecule has 0 bridgehead atoms. The van der Waals surface area contributed by atoms with E-state index in [-0.39, 0.29) is 23.4 Å². The lowest BCUT2D eigenvalue weighted by molar-refractivity contribution is 0.434. The average molecular weight is 537 g/mol. The molecule has 0 amide bonds. The van der Waals surface area contributed by atoms with E-state index in [0.717, 1.165) is 25.9 Å². The SMILES string of the molecule is CCCS(=O)(=O)Nc1cccc2c(Oc3ncccc3-c3ccnc(NC4CCCNC4)n3)c(F)ccc12. The van der Waals surface area contributed by atoms with Gasteiger partial charge in [0.25, 0.3) is 0 Å². The van der Waals surface area contributed by atoms with Crippen LogP contribution in [0.15, 0.2) is 60.9 Å². The number of ether oxygens (including phenoxy) is 1. The molecule has 1 aliphatic rings. The molecule has 2 aromatic carbocycles. The van der Waals surface area contributed by atoms with Crippen LogP contribution in [0.25, 0.3) is 22.0 Å².